The minimum atomic E-state index is -2.95. The largest absolute Gasteiger partial charge is 0.256 e. The van der Waals surface area contributed by atoms with E-state index in [4.69, 9.17) is 0 Å². The first-order valence-corrected chi connectivity index (χ1v) is 9.04. The fourth-order valence-corrected chi connectivity index (χ4v) is 5.77. The summed E-state index contributed by atoms with van der Waals surface area (Å²) < 4.78 is 24.6. The van der Waals surface area contributed by atoms with Crippen LogP contribution in [0.15, 0.2) is 42.6 Å². The van der Waals surface area contributed by atoms with Crippen LogP contribution in [0.5, 0.6) is 0 Å². The van der Waals surface area contributed by atoms with Gasteiger partial charge in [0.1, 0.15) is 0 Å². The monoisotopic (exact) mass is 299 g/mol. The molecule has 2 bridgehead atoms. The minimum Gasteiger partial charge on any atom is -0.256 e. The summed E-state index contributed by atoms with van der Waals surface area (Å²) in [4.78, 5) is 4.50. The second-order valence-electron chi connectivity index (χ2n) is 5.99. The molecule has 1 aromatic heterocycles. The highest BCUT2D eigenvalue weighted by Gasteiger charge is 2.40. The van der Waals surface area contributed by atoms with Gasteiger partial charge in [-0.3, -0.25) is 4.98 Å². The third-order valence-electron chi connectivity index (χ3n) is 4.70. The van der Waals surface area contributed by atoms with Gasteiger partial charge in [0, 0.05) is 11.6 Å². The lowest BCUT2D eigenvalue weighted by molar-refractivity contribution is 0.518. The van der Waals surface area contributed by atoms with E-state index in [1.165, 1.54) is 0 Å². The van der Waals surface area contributed by atoms with Crippen molar-refractivity contribution in [3.63, 3.8) is 0 Å². The number of hydrogen-bond acceptors (Lipinski definition) is 3. The van der Waals surface area contributed by atoms with Gasteiger partial charge in [-0.25, -0.2) is 8.42 Å². The molecule has 4 rings (SSSR count). The van der Waals surface area contributed by atoms with Gasteiger partial charge < -0.3 is 0 Å². The van der Waals surface area contributed by atoms with Crippen molar-refractivity contribution >= 4 is 26.3 Å². The number of aromatic nitrogens is 1. The van der Waals surface area contributed by atoms with E-state index in [1.54, 1.807) is 0 Å². The quantitative estimate of drug-likeness (QED) is 0.811. The molecule has 2 aliphatic heterocycles. The van der Waals surface area contributed by atoms with Crippen molar-refractivity contribution in [2.45, 2.75) is 36.2 Å². The van der Waals surface area contributed by atoms with E-state index in [0.29, 0.717) is 6.42 Å². The molecular formula is C17H17NO2S. The summed E-state index contributed by atoms with van der Waals surface area (Å²) in [7, 11) is -2.95. The van der Waals surface area contributed by atoms with Crippen LogP contribution >= 0.6 is 0 Å². The molecule has 0 amide bonds. The van der Waals surface area contributed by atoms with E-state index >= 15 is 0 Å². The maximum absolute atomic E-state index is 12.3. The highest BCUT2D eigenvalue weighted by molar-refractivity contribution is 7.93. The standard InChI is InChI=1S/C17H17NO2S/c19-21(20)15-5-3-6-16(21)10-13(9-15)14-8-12-4-1-2-7-17(12)18-11-14/h1-2,4,7-9,11,15-16H,3,5-6,10H2. The van der Waals surface area contributed by atoms with Crippen molar-refractivity contribution in [2.24, 2.45) is 0 Å². The zero-order valence-corrected chi connectivity index (χ0v) is 12.5. The summed E-state index contributed by atoms with van der Waals surface area (Å²) in [5.74, 6) is 0. The number of benzene rings is 1. The Bertz CT molecular complexity index is 839. The molecule has 2 atom stereocenters. The molecule has 1 fully saturated rings. The third-order valence-corrected chi connectivity index (χ3v) is 7.24. The molecule has 2 aliphatic rings. The lowest BCUT2D eigenvalue weighted by atomic mass is 9.93. The van der Waals surface area contributed by atoms with Crippen LogP contribution in [0.3, 0.4) is 0 Å². The van der Waals surface area contributed by atoms with Crippen LogP contribution < -0.4 is 0 Å². The van der Waals surface area contributed by atoms with Gasteiger partial charge in [-0.2, -0.15) is 0 Å². The van der Waals surface area contributed by atoms with Gasteiger partial charge in [0.2, 0.25) is 0 Å². The third kappa shape index (κ3) is 2.09. The van der Waals surface area contributed by atoms with Crippen molar-refractivity contribution in [1.29, 1.82) is 0 Å². The van der Waals surface area contributed by atoms with Crippen LogP contribution in [0, 0.1) is 0 Å². The highest BCUT2D eigenvalue weighted by Crippen LogP contribution is 2.39. The van der Waals surface area contributed by atoms with Crippen LogP contribution in [-0.2, 0) is 9.84 Å². The van der Waals surface area contributed by atoms with Gasteiger partial charge in [-0.1, -0.05) is 30.7 Å². The Morgan fingerprint density at radius 3 is 2.86 bits per heavy atom. The molecule has 2 unspecified atom stereocenters. The molecule has 1 aromatic carbocycles. The number of para-hydroxylation sites is 1. The molecule has 3 nitrogen and oxygen atoms in total. The molecule has 4 heteroatoms. The molecule has 1 saturated heterocycles. The SMILES string of the molecule is O=S1(=O)C2C=C(c3cnc4ccccc4c3)CC1CCC2. The Kier molecular flexibility index (Phi) is 2.89. The minimum absolute atomic E-state index is 0.192. The van der Waals surface area contributed by atoms with E-state index in [1.807, 2.05) is 36.5 Å². The van der Waals surface area contributed by atoms with Crippen LogP contribution in [0.2, 0.25) is 0 Å². The van der Waals surface area contributed by atoms with E-state index in [9.17, 15) is 8.42 Å². The second-order valence-corrected chi connectivity index (χ2v) is 8.44. The molecule has 108 valence electrons. The molecule has 21 heavy (non-hydrogen) atoms. The number of hydrogen-bond donors (Lipinski definition) is 0. The molecule has 0 spiro atoms. The number of sulfone groups is 1. The Morgan fingerprint density at radius 1 is 1.14 bits per heavy atom. The van der Waals surface area contributed by atoms with Crippen molar-refractivity contribution in [2.75, 3.05) is 0 Å². The number of rotatable bonds is 1. The van der Waals surface area contributed by atoms with Gasteiger partial charge >= 0.3 is 0 Å². The van der Waals surface area contributed by atoms with Gasteiger partial charge in [-0.15, -0.1) is 0 Å². The molecule has 0 N–H and O–H groups in total. The summed E-state index contributed by atoms with van der Waals surface area (Å²) >= 11 is 0. The Morgan fingerprint density at radius 2 is 2.00 bits per heavy atom. The molecule has 0 aliphatic carbocycles. The van der Waals surface area contributed by atoms with E-state index in [-0.39, 0.29) is 10.5 Å². The predicted octanol–water partition coefficient (Wildman–Crippen LogP) is 3.36. The van der Waals surface area contributed by atoms with Crippen molar-refractivity contribution in [3.05, 3.63) is 48.2 Å². The second kappa shape index (κ2) is 4.67. The summed E-state index contributed by atoms with van der Waals surface area (Å²) in [6, 6.07) is 10.1. The molecule has 0 radical (unpaired) electrons. The summed E-state index contributed by atoms with van der Waals surface area (Å²) in [6.45, 7) is 0. The lowest BCUT2D eigenvalue weighted by Gasteiger charge is -2.33. The average molecular weight is 299 g/mol. The molecule has 2 aromatic rings. The Hall–Kier alpha value is -1.68. The number of pyridine rings is 1. The van der Waals surface area contributed by atoms with Gasteiger partial charge in [0.15, 0.2) is 9.84 Å². The van der Waals surface area contributed by atoms with Crippen molar-refractivity contribution in [3.8, 4) is 0 Å². The number of nitrogens with zero attached hydrogens (tertiary/aromatic N) is 1. The maximum atomic E-state index is 12.3. The number of allylic oxidation sites excluding steroid dienone is 1. The van der Waals surface area contributed by atoms with Gasteiger partial charge in [-0.05, 0) is 42.5 Å². The van der Waals surface area contributed by atoms with E-state index in [2.05, 4.69) is 11.1 Å². The van der Waals surface area contributed by atoms with Crippen molar-refractivity contribution < 1.29 is 8.42 Å². The fraction of sp³-hybridized carbons (Fsp3) is 0.353. The van der Waals surface area contributed by atoms with Gasteiger partial charge in [0.05, 0.1) is 16.0 Å². The predicted molar refractivity (Wildman–Crippen MR) is 84.7 cm³/mol. The van der Waals surface area contributed by atoms with Crippen LogP contribution in [-0.4, -0.2) is 23.9 Å². The van der Waals surface area contributed by atoms with Crippen LogP contribution in [0.1, 0.15) is 31.2 Å². The van der Waals surface area contributed by atoms with Gasteiger partial charge in [0.25, 0.3) is 0 Å². The van der Waals surface area contributed by atoms with Crippen LogP contribution in [0.4, 0.5) is 0 Å². The van der Waals surface area contributed by atoms with E-state index < -0.39 is 9.84 Å². The summed E-state index contributed by atoms with van der Waals surface area (Å²) in [5, 5.41) is 0.628. The number of fused-ring (bicyclic) bond motifs is 3. The zero-order chi connectivity index (χ0) is 14.4. The summed E-state index contributed by atoms with van der Waals surface area (Å²) in [5.41, 5.74) is 3.20. The zero-order valence-electron chi connectivity index (χ0n) is 11.7. The first-order chi connectivity index (χ1) is 10.1. The normalized spacial score (nSPS) is 27.3. The topological polar surface area (TPSA) is 47.0 Å². The molecule has 0 saturated carbocycles. The molecular weight excluding hydrogens is 282 g/mol. The molecule has 3 heterocycles. The average Bonchev–Trinajstić information content (AvgIpc) is 2.45. The first kappa shape index (κ1) is 13.0. The first-order valence-electron chi connectivity index (χ1n) is 7.43. The van der Waals surface area contributed by atoms with Crippen LogP contribution in [0.25, 0.3) is 16.5 Å². The Labute approximate surface area is 124 Å². The Balaban J connectivity index is 1.80. The van der Waals surface area contributed by atoms with E-state index in [0.717, 1.165) is 41.3 Å². The lowest BCUT2D eigenvalue weighted by Crippen LogP contribution is -2.38. The highest BCUT2D eigenvalue weighted by atomic mass is 32.2. The smallest absolute Gasteiger partial charge is 0.159 e. The fourth-order valence-electron chi connectivity index (χ4n) is 3.52. The maximum Gasteiger partial charge on any atom is 0.159 e. The summed E-state index contributed by atoms with van der Waals surface area (Å²) in [6.07, 6.45) is 7.08. The van der Waals surface area contributed by atoms with Crippen molar-refractivity contribution in [1.82, 2.24) is 4.98 Å².